The predicted molar refractivity (Wildman–Crippen MR) is 90.0 cm³/mol. The molecule has 0 aliphatic heterocycles. The van der Waals surface area contributed by atoms with Crippen LogP contribution in [0.25, 0.3) is 0 Å². The van der Waals surface area contributed by atoms with Gasteiger partial charge in [0.1, 0.15) is 11.5 Å². The zero-order chi connectivity index (χ0) is 18.4. The molecule has 0 spiro atoms. The van der Waals surface area contributed by atoms with Crippen molar-refractivity contribution < 1.29 is 22.7 Å². The summed E-state index contributed by atoms with van der Waals surface area (Å²) in [7, 11) is 3.75. The van der Waals surface area contributed by atoms with E-state index in [9.17, 15) is 13.6 Å². The highest BCUT2D eigenvalue weighted by atomic mass is 19.3. The van der Waals surface area contributed by atoms with Crippen LogP contribution >= 0.6 is 0 Å². The Kier molecular flexibility index (Phi) is 6.35. The molecule has 2 rings (SSSR count). The molecule has 2 aromatic rings. The van der Waals surface area contributed by atoms with Gasteiger partial charge in [-0.1, -0.05) is 6.07 Å². The van der Waals surface area contributed by atoms with Crippen molar-refractivity contribution >= 4 is 11.7 Å². The van der Waals surface area contributed by atoms with Crippen LogP contribution in [0.5, 0.6) is 5.75 Å². The van der Waals surface area contributed by atoms with Crippen LogP contribution < -0.4 is 15.4 Å². The first-order chi connectivity index (χ1) is 11.9. The topological polar surface area (TPSA) is 66.7 Å². The van der Waals surface area contributed by atoms with Crippen molar-refractivity contribution in [1.29, 1.82) is 0 Å². The van der Waals surface area contributed by atoms with Crippen LogP contribution in [0.2, 0.25) is 0 Å². The van der Waals surface area contributed by atoms with E-state index in [0.717, 1.165) is 5.76 Å². The molecule has 2 amide bonds. The number of urea groups is 1. The van der Waals surface area contributed by atoms with E-state index in [0.29, 0.717) is 17.8 Å². The molecule has 1 heterocycles. The highest BCUT2D eigenvalue weighted by Gasteiger charge is 2.18. The molecule has 1 unspecified atom stereocenters. The molecule has 25 heavy (non-hydrogen) atoms. The number of amides is 2. The van der Waals surface area contributed by atoms with E-state index in [-0.39, 0.29) is 11.8 Å². The quantitative estimate of drug-likeness (QED) is 0.798. The maximum atomic E-state index is 12.4. The minimum absolute atomic E-state index is 0.0227. The first-order valence-electron chi connectivity index (χ1n) is 7.67. The lowest BCUT2D eigenvalue weighted by Gasteiger charge is -2.22. The number of likely N-dealkylation sites (N-methyl/N-ethyl adjacent to an activating group) is 1. The van der Waals surface area contributed by atoms with E-state index in [2.05, 4.69) is 15.4 Å². The summed E-state index contributed by atoms with van der Waals surface area (Å²) in [4.78, 5) is 14.1. The van der Waals surface area contributed by atoms with Crippen LogP contribution in [0.15, 0.2) is 41.0 Å². The van der Waals surface area contributed by atoms with Crippen molar-refractivity contribution in [2.75, 3.05) is 26.0 Å². The summed E-state index contributed by atoms with van der Waals surface area (Å²) >= 11 is 0. The van der Waals surface area contributed by atoms with E-state index in [1.54, 1.807) is 25.3 Å². The molecular weight excluding hydrogens is 332 g/mol. The Hall–Kier alpha value is -2.61. The van der Waals surface area contributed by atoms with Gasteiger partial charge in [-0.2, -0.15) is 8.78 Å². The SMILES string of the molecule is Cc1c(NC(=O)NCC(c2ccco2)N(C)C)cccc1OC(F)F. The van der Waals surface area contributed by atoms with Gasteiger partial charge in [0.15, 0.2) is 0 Å². The van der Waals surface area contributed by atoms with Gasteiger partial charge in [0.25, 0.3) is 0 Å². The number of rotatable bonds is 7. The van der Waals surface area contributed by atoms with E-state index in [1.807, 2.05) is 25.1 Å². The van der Waals surface area contributed by atoms with Crippen LogP contribution in [-0.2, 0) is 0 Å². The summed E-state index contributed by atoms with van der Waals surface area (Å²) in [5.74, 6) is 0.753. The number of carbonyl (C=O) groups excluding carboxylic acids is 1. The number of nitrogens with zero attached hydrogens (tertiary/aromatic N) is 1. The van der Waals surface area contributed by atoms with Crippen molar-refractivity contribution in [2.24, 2.45) is 0 Å². The van der Waals surface area contributed by atoms with Crippen LogP contribution in [0, 0.1) is 6.92 Å². The van der Waals surface area contributed by atoms with Gasteiger partial charge in [0.05, 0.1) is 12.3 Å². The number of ether oxygens (including phenoxy) is 1. The van der Waals surface area contributed by atoms with Crippen LogP contribution in [0.4, 0.5) is 19.3 Å². The molecule has 0 saturated heterocycles. The van der Waals surface area contributed by atoms with E-state index < -0.39 is 12.6 Å². The van der Waals surface area contributed by atoms with Gasteiger partial charge < -0.3 is 19.8 Å². The van der Waals surface area contributed by atoms with Crippen LogP contribution in [0.1, 0.15) is 17.4 Å². The molecule has 0 radical (unpaired) electrons. The van der Waals surface area contributed by atoms with Crippen molar-refractivity contribution in [2.45, 2.75) is 19.6 Å². The number of furan rings is 1. The highest BCUT2D eigenvalue weighted by molar-refractivity contribution is 5.90. The average Bonchev–Trinajstić information content (AvgIpc) is 3.05. The molecule has 8 heteroatoms. The summed E-state index contributed by atoms with van der Waals surface area (Å²) in [5, 5.41) is 5.39. The smallest absolute Gasteiger partial charge is 0.387 e. The van der Waals surface area contributed by atoms with Gasteiger partial charge in [-0.15, -0.1) is 0 Å². The Bertz CT molecular complexity index is 690. The number of alkyl halides is 2. The molecule has 1 aromatic carbocycles. The van der Waals surface area contributed by atoms with Crippen molar-refractivity contribution in [1.82, 2.24) is 10.2 Å². The third kappa shape index (κ3) is 5.18. The zero-order valence-corrected chi connectivity index (χ0v) is 14.3. The summed E-state index contributed by atoms with van der Waals surface area (Å²) in [6.45, 7) is -1.01. The summed E-state index contributed by atoms with van der Waals surface area (Å²) in [6, 6.07) is 7.60. The molecule has 0 aliphatic rings. The Balaban J connectivity index is 1.98. The number of anilines is 1. The molecule has 0 fully saturated rings. The Morgan fingerprint density at radius 2 is 2.04 bits per heavy atom. The van der Waals surface area contributed by atoms with E-state index in [4.69, 9.17) is 4.42 Å². The molecule has 0 aliphatic carbocycles. The largest absolute Gasteiger partial charge is 0.468 e. The summed E-state index contributed by atoms with van der Waals surface area (Å²) in [6.07, 6.45) is 1.57. The van der Waals surface area contributed by atoms with Crippen LogP contribution in [0.3, 0.4) is 0 Å². The summed E-state index contributed by atoms with van der Waals surface area (Å²) in [5.41, 5.74) is 0.822. The molecule has 1 aromatic heterocycles. The van der Waals surface area contributed by atoms with Gasteiger partial charge in [0, 0.05) is 17.8 Å². The summed E-state index contributed by atoms with van der Waals surface area (Å²) < 4.78 is 34.6. The number of halogens is 2. The molecular formula is C17H21F2N3O3. The molecule has 0 saturated carbocycles. The Morgan fingerprint density at radius 1 is 1.28 bits per heavy atom. The van der Waals surface area contributed by atoms with Crippen LogP contribution in [-0.4, -0.2) is 38.2 Å². The minimum Gasteiger partial charge on any atom is -0.468 e. The van der Waals surface area contributed by atoms with Gasteiger partial charge in [0.2, 0.25) is 0 Å². The number of nitrogens with one attached hydrogen (secondary N) is 2. The molecule has 0 bridgehead atoms. The Labute approximate surface area is 144 Å². The minimum atomic E-state index is -2.92. The lowest BCUT2D eigenvalue weighted by Crippen LogP contribution is -2.36. The zero-order valence-electron chi connectivity index (χ0n) is 14.3. The third-order valence-electron chi connectivity index (χ3n) is 3.70. The maximum Gasteiger partial charge on any atom is 0.387 e. The predicted octanol–water partition coefficient (Wildman–Crippen LogP) is 3.61. The third-order valence-corrected chi connectivity index (χ3v) is 3.70. The molecule has 136 valence electrons. The highest BCUT2D eigenvalue weighted by Crippen LogP contribution is 2.26. The Morgan fingerprint density at radius 3 is 2.64 bits per heavy atom. The monoisotopic (exact) mass is 353 g/mol. The normalized spacial score (nSPS) is 12.3. The van der Waals surface area contributed by atoms with E-state index >= 15 is 0 Å². The van der Waals surface area contributed by atoms with Crippen molar-refractivity contribution in [3.05, 3.63) is 47.9 Å². The molecule has 2 N–H and O–H groups in total. The van der Waals surface area contributed by atoms with Crippen molar-refractivity contribution in [3.8, 4) is 5.75 Å². The van der Waals surface area contributed by atoms with Crippen molar-refractivity contribution in [3.63, 3.8) is 0 Å². The van der Waals surface area contributed by atoms with Gasteiger partial charge >= 0.3 is 12.6 Å². The molecule has 1 atom stereocenters. The number of hydrogen-bond donors (Lipinski definition) is 2. The fraction of sp³-hybridized carbons (Fsp3) is 0.353. The average molecular weight is 353 g/mol. The van der Waals surface area contributed by atoms with Gasteiger partial charge in [-0.3, -0.25) is 4.90 Å². The second-order valence-corrected chi connectivity index (χ2v) is 5.64. The number of benzene rings is 1. The van der Waals surface area contributed by atoms with Gasteiger partial charge in [-0.25, -0.2) is 4.79 Å². The first kappa shape index (κ1) is 18.7. The fourth-order valence-electron chi connectivity index (χ4n) is 2.35. The lowest BCUT2D eigenvalue weighted by molar-refractivity contribution is -0.0502. The lowest BCUT2D eigenvalue weighted by atomic mass is 10.2. The standard InChI is InChI=1S/C17H21F2N3O3/c1-11-12(6-4-7-14(11)25-16(18)19)21-17(23)20-10-13(22(2)3)15-8-5-9-24-15/h4-9,13,16H,10H2,1-3H3,(H2,20,21,23). The number of hydrogen-bond acceptors (Lipinski definition) is 4. The molecule has 6 nitrogen and oxygen atoms in total. The second-order valence-electron chi connectivity index (χ2n) is 5.64. The van der Waals surface area contributed by atoms with Gasteiger partial charge in [-0.05, 0) is 45.3 Å². The maximum absolute atomic E-state index is 12.4. The fourth-order valence-corrected chi connectivity index (χ4v) is 2.35. The number of carbonyl (C=O) groups is 1. The first-order valence-corrected chi connectivity index (χ1v) is 7.67. The second kappa shape index (κ2) is 8.48. The van der Waals surface area contributed by atoms with E-state index in [1.165, 1.54) is 12.1 Å².